The van der Waals surface area contributed by atoms with Crippen molar-refractivity contribution in [1.29, 1.82) is 0 Å². The van der Waals surface area contributed by atoms with Crippen LogP contribution in [0, 0.1) is 12.7 Å². The van der Waals surface area contributed by atoms with Gasteiger partial charge in [-0.05, 0) is 6.92 Å². The number of halogens is 2. The maximum absolute atomic E-state index is 13.1. The molecule has 7 heteroatoms. The fourth-order valence-electron chi connectivity index (χ4n) is 1.03. The van der Waals surface area contributed by atoms with E-state index in [1.54, 1.807) is 0 Å². The summed E-state index contributed by atoms with van der Waals surface area (Å²) in [6.07, 6.45) is 1.49. The molecule has 2 aromatic heterocycles. The van der Waals surface area contributed by atoms with Crippen LogP contribution in [-0.2, 0) is 0 Å². The summed E-state index contributed by atoms with van der Waals surface area (Å²) in [7, 11) is 0. The molecule has 0 aliphatic carbocycles. The van der Waals surface area contributed by atoms with Crippen molar-refractivity contribution >= 4 is 28.8 Å². The number of hydrogen-bond acceptors (Lipinski definition) is 5. The van der Waals surface area contributed by atoms with Gasteiger partial charge in [-0.25, -0.2) is 19.3 Å². The molecule has 0 fully saturated rings. The van der Waals surface area contributed by atoms with Crippen molar-refractivity contribution in [2.45, 2.75) is 6.92 Å². The lowest BCUT2D eigenvalue weighted by atomic mass is 10.4. The van der Waals surface area contributed by atoms with E-state index in [4.69, 9.17) is 17.3 Å². The summed E-state index contributed by atoms with van der Waals surface area (Å²) in [4.78, 5) is 11.7. The quantitative estimate of drug-likeness (QED) is 0.836. The molecule has 0 aromatic carbocycles. The van der Waals surface area contributed by atoms with Crippen LogP contribution in [0.4, 0.5) is 10.2 Å². The first kappa shape index (κ1) is 10.3. The van der Waals surface area contributed by atoms with Gasteiger partial charge in [-0.3, -0.25) is 0 Å². The van der Waals surface area contributed by atoms with Gasteiger partial charge in [-0.15, -0.1) is 0 Å². The molecule has 0 bridgehead atoms. The van der Waals surface area contributed by atoms with E-state index in [0.717, 1.165) is 0 Å². The van der Waals surface area contributed by atoms with Gasteiger partial charge in [0.05, 0.1) is 11.9 Å². The predicted molar refractivity (Wildman–Crippen MR) is 57.3 cm³/mol. The number of nitrogen functional groups attached to an aromatic ring is 1. The van der Waals surface area contributed by atoms with Crippen LogP contribution in [0.5, 0.6) is 0 Å². The van der Waals surface area contributed by atoms with Crippen molar-refractivity contribution in [1.82, 2.24) is 15.0 Å². The molecule has 0 aliphatic heterocycles. The van der Waals surface area contributed by atoms with Crippen LogP contribution in [0.2, 0.25) is 4.34 Å². The van der Waals surface area contributed by atoms with Crippen molar-refractivity contribution < 1.29 is 4.39 Å². The molecule has 78 valence electrons. The number of rotatable bonds is 1. The Kier molecular flexibility index (Phi) is 2.54. The Morgan fingerprint density at radius 1 is 1.47 bits per heavy atom. The highest BCUT2D eigenvalue weighted by Gasteiger charge is 2.12. The molecule has 0 aliphatic rings. The highest BCUT2D eigenvalue weighted by molar-refractivity contribution is 7.18. The Balaban J connectivity index is 2.55. The third-order valence-electron chi connectivity index (χ3n) is 1.71. The third kappa shape index (κ3) is 1.91. The Labute approximate surface area is 94.0 Å². The van der Waals surface area contributed by atoms with Crippen LogP contribution in [-0.4, -0.2) is 15.0 Å². The first-order chi connectivity index (χ1) is 7.08. The zero-order valence-electron chi connectivity index (χ0n) is 7.66. The van der Waals surface area contributed by atoms with Crippen molar-refractivity contribution in [3.05, 3.63) is 22.0 Å². The summed E-state index contributed by atoms with van der Waals surface area (Å²) in [6.45, 7) is 1.52. The molecule has 15 heavy (non-hydrogen) atoms. The van der Waals surface area contributed by atoms with Gasteiger partial charge in [-0.2, -0.15) is 0 Å². The maximum Gasteiger partial charge on any atom is 0.191 e. The summed E-state index contributed by atoms with van der Waals surface area (Å²) >= 11 is 6.93. The van der Waals surface area contributed by atoms with E-state index < -0.39 is 5.82 Å². The molecule has 0 atom stereocenters. The largest absolute Gasteiger partial charge is 0.381 e. The van der Waals surface area contributed by atoms with Crippen molar-refractivity contribution in [2.75, 3.05) is 5.73 Å². The van der Waals surface area contributed by atoms with E-state index in [2.05, 4.69) is 15.0 Å². The highest BCUT2D eigenvalue weighted by atomic mass is 35.5. The van der Waals surface area contributed by atoms with Crippen LogP contribution in [0.3, 0.4) is 0 Å². The number of thiazole rings is 1. The van der Waals surface area contributed by atoms with E-state index in [1.807, 2.05) is 0 Å². The summed E-state index contributed by atoms with van der Waals surface area (Å²) in [6, 6.07) is 0. The van der Waals surface area contributed by atoms with E-state index in [0.29, 0.717) is 15.2 Å². The van der Waals surface area contributed by atoms with Gasteiger partial charge in [0.1, 0.15) is 4.34 Å². The Morgan fingerprint density at radius 3 is 2.73 bits per heavy atom. The molecule has 0 saturated heterocycles. The molecule has 2 heterocycles. The van der Waals surface area contributed by atoms with Gasteiger partial charge >= 0.3 is 0 Å². The smallest absolute Gasteiger partial charge is 0.191 e. The van der Waals surface area contributed by atoms with Crippen molar-refractivity contribution in [3.8, 4) is 10.8 Å². The topological polar surface area (TPSA) is 64.7 Å². The minimum atomic E-state index is -0.596. The normalized spacial score (nSPS) is 10.6. The van der Waals surface area contributed by atoms with Gasteiger partial charge in [0, 0.05) is 0 Å². The van der Waals surface area contributed by atoms with Crippen LogP contribution in [0.1, 0.15) is 5.69 Å². The average molecular weight is 245 g/mol. The second-order valence-electron chi connectivity index (χ2n) is 2.80. The van der Waals surface area contributed by atoms with E-state index >= 15 is 0 Å². The van der Waals surface area contributed by atoms with Crippen LogP contribution < -0.4 is 5.73 Å². The predicted octanol–water partition coefficient (Wildman–Crippen LogP) is 2.28. The van der Waals surface area contributed by atoms with Gasteiger partial charge in [0.2, 0.25) is 0 Å². The molecule has 0 amide bonds. The Hall–Kier alpha value is -1.27. The molecule has 4 nitrogen and oxygen atoms in total. The van der Waals surface area contributed by atoms with Crippen molar-refractivity contribution in [2.24, 2.45) is 0 Å². The van der Waals surface area contributed by atoms with E-state index in [9.17, 15) is 4.39 Å². The Bertz CT molecular complexity index is 490. The van der Waals surface area contributed by atoms with Crippen LogP contribution >= 0.6 is 22.9 Å². The fraction of sp³-hybridized carbons (Fsp3) is 0.125. The molecule has 0 saturated carbocycles. The molecule has 2 aromatic rings. The number of aryl methyl sites for hydroxylation is 1. The lowest BCUT2D eigenvalue weighted by molar-refractivity contribution is 0.608. The number of nitrogens with zero attached hydrogens (tertiary/aromatic N) is 3. The number of nitrogens with two attached hydrogens (primary N) is 1. The summed E-state index contributed by atoms with van der Waals surface area (Å²) in [5, 5.41) is 0.523. The molecule has 0 radical (unpaired) electrons. The third-order valence-corrected chi connectivity index (χ3v) is 2.82. The monoisotopic (exact) mass is 244 g/mol. The average Bonchev–Trinajstić information content (AvgIpc) is 2.60. The molecule has 2 rings (SSSR count). The standard InChI is InChI=1S/C8H6ClFN4S/c1-3-5(10)6(11)14-7(13-3)8-12-2-4(9)15-8/h2H,1H3,(H2,11,13,14). The number of aromatic nitrogens is 3. The lowest BCUT2D eigenvalue weighted by Gasteiger charge is -2.01. The highest BCUT2D eigenvalue weighted by Crippen LogP contribution is 2.26. The van der Waals surface area contributed by atoms with E-state index in [1.165, 1.54) is 24.5 Å². The SMILES string of the molecule is Cc1nc(-c2ncc(Cl)s2)nc(N)c1F. The molecule has 0 spiro atoms. The zero-order chi connectivity index (χ0) is 11.0. The minimum absolute atomic E-state index is 0.177. The first-order valence-electron chi connectivity index (χ1n) is 3.99. The summed E-state index contributed by atoms with van der Waals surface area (Å²) in [5.41, 5.74) is 5.58. The molecule has 0 unspecified atom stereocenters. The minimum Gasteiger partial charge on any atom is -0.381 e. The van der Waals surface area contributed by atoms with Gasteiger partial charge in [0.15, 0.2) is 22.5 Å². The summed E-state index contributed by atoms with van der Waals surface area (Å²) in [5.74, 6) is -0.478. The van der Waals surface area contributed by atoms with Gasteiger partial charge in [0.25, 0.3) is 0 Å². The summed E-state index contributed by atoms with van der Waals surface area (Å²) < 4.78 is 13.7. The second kappa shape index (κ2) is 3.71. The maximum atomic E-state index is 13.1. The Morgan fingerprint density at radius 2 is 2.20 bits per heavy atom. The van der Waals surface area contributed by atoms with Crippen molar-refractivity contribution in [3.63, 3.8) is 0 Å². The lowest BCUT2D eigenvalue weighted by Crippen LogP contribution is -2.02. The van der Waals surface area contributed by atoms with E-state index in [-0.39, 0.29) is 11.5 Å². The number of anilines is 1. The van der Waals surface area contributed by atoms with Crippen LogP contribution in [0.25, 0.3) is 10.8 Å². The number of hydrogen-bond donors (Lipinski definition) is 1. The van der Waals surface area contributed by atoms with Gasteiger partial charge < -0.3 is 5.73 Å². The van der Waals surface area contributed by atoms with Crippen LogP contribution in [0.15, 0.2) is 6.20 Å². The second-order valence-corrected chi connectivity index (χ2v) is 4.46. The molecular weight excluding hydrogens is 239 g/mol. The first-order valence-corrected chi connectivity index (χ1v) is 5.18. The molecular formula is C8H6ClFN4S. The fourth-order valence-corrected chi connectivity index (χ4v) is 1.88. The van der Waals surface area contributed by atoms with Gasteiger partial charge in [-0.1, -0.05) is 22.9 Å². The zero-order valence-corrected chi connectivity index (χ0v) is 9.23. The molecule has 2 N–H and O–H groups in total.